The van der Waals surface area contributed by atoms with E-state index >= 15 is 0 Å². The number of hydrogen-bond donors (Lipinski definition) is 1. The lowest BCUT2D eigenvalue weighted by Gasteiger charge is -2.17. The molecule has 0 bridgehead atoms. The van der Waals surface area contributed by atoms with Gasteiger partial charge in [0.15, 0.2) is 0 Å². The second kappa shape index (κ2) is 10.4. The van der Waals surface area contributed by atoms with Gasteiger partial charge in [0.05, 0.1) is 0 Å². The third-order valence-corrected chi connectivity index (χ3v) is 5.60. The monoisotopic (exact) mass is 494 g/mol. The molecule has 0 spiro atoms. The van der Waals surface area contributed by atoms with Crippen molar-refractivity contribution in [2.45, 2.75) is 38.9 Å². The first-order valence-electron chi connectivity index (χ1n) is 10.1. The summed E-state index contributed by atoms with van der Waals surface area (Å²) in [5.74, 6) is -1.88. The Morgan fingerprint density at radius 3 is 2.21 bits per heavy atom. The van der Waals surface area contributed by atoms with Crippen molar-refractivity contribution < 1.29 is 28.2 Å². The van der Waals surface area contributed by atoms with E-state index in [1.54, 1.807) is 0 Å². The molecule has 0 radical (unpaired) electrons. The van der Waals surface area contributed by atoms with Crippen LogP contribution in [0, 0.1) is 0 Å². The minimum atomic E-state index is -4.39. The number of carboxylic acids is 1. The maximum absolute atomic E-state index is 13.4. The summed E-state index contributed by atoms with van der Waals surface area (Å²) in [4.78, 5) is 10.6. The molecular weight excluding hydrogens is 473 g/mol. The molecule has 0 aromatic heterocycles. The number of hydrogen-bond acceptors (Lipinski definition) is 3. The predicted molar refractivity (Wildman–Crippen MR) is 124 cm³/mol. The van der Waals surface area contributed by atoms with Gasteiger partial charge in [0.2, 0.25) is 0 Å². The molecule has 0 atom stereocenters. The van der Waals surface area contributed by atoms with Gasteiger partial charge in [-0.3, -0.25) is 0 Å². The molecule has 0 aliphatic heterocycles. The van der Waals surface area contributed by atoms with Crippen molar-refractivity contribution in [3.8, 4) is 11.5 Å². The second-order valence-electron chi connectivity index (χ2n) is 7.77. The van der Waals surface area contributed by atoms with Crippen LogP contribution in [0.1, 0.15) is 42.0 Å². The zero-order chi connectivity index (χ0) is 24.2. The van der Waals surface area contributed by atoms with Crippen LogP contribution in [0.5, 0.6) is 11.5 Å². The van der Waals surface area contributed by atoms with Gasteiger partial charge in [-0.2, -0.15) is 8.78 Å². The molecule has 0 aliphatic carbocycles. The molecule has 3 rings (SSSR count). The molecule has 4 nitrogen and oxygen atoms in total. The first kappa shape index (κ1) is 24.8. The lowest BCUT2D eigenvalue weighted by atomic mass is 9.96. The zero-order valence-corrected chi connectivity index (χ0v) is 19.5. The maximum Gasteiger partial charge on any atom is 0.501 e. The molecule has 3 aromatic carbocycles. The quantitative estimate of drug-likeness (QED) is 0.338. The van der Waals surface area contributed by atoms with E-state index in [-0.39, 0.29) is 16.0 Å². The maximum atomic E-state index is 13.4. The van der Waals surface area contributed by atoms with E-state index in [1.807, 2.05) is 48.5 Å². The van der Waals surface area contributed by atoms with Crippen LogP contribution < -0.4 is 9.47 Å². The van der Waals surface area contributed by atoms with Gasteiger partial charge >= 0.3 is 12.1 Å². The van der Waals surface area contributed by atoms with Crippen molar-refractivity contribution in [1.29, 1.82) is 0 Å². The average molecular weight is 495 g/mol. The summed E-state index contributed by atoms with van der Waals surface area (Å²) in [6.07, 6.45) is -4.05. The molecule has 174 valence electrons. The molecule has 8 heteroatoms. The number of carbonyl (C=O) groups is 1. The second-order valence-corrected chi connectivity index (χ2v) is 8.58. The number of aliphatic carboxylic acids is 1. The number of ether oxygens (including phenoxy) is 2. The van der Waals surface area contributed by atoms with E-state index in [9.17, 15) is 13.6 Å². The fourth-order valence-corrected chi connectivity index (χ4v) is 3.83. The SMILES string of the molecule is CC(C)c1cc(Cc2c(Cl)cc(OC(F)(F)C(=O)O)cc2Cl)ccc1OCc1ccccc1. The highest BCUT2D eigenvalue weighted by Gasteiger charge is 2.42. The Balaban J connectivity index is 1.81. The average Bonchev–Trinajstić information content (AvgIpc) is 2.75. The molecule has 0 saturated carbocycles. The third kappa shape index (κ3) is 6.36. The molecule has 0 amide bonds. The number of halogens is 4. The number of rotatable bonds is 9. The molecule has 0 heterocycles. The van der Waals surface area contributed by atoms with Crippen LogP contribution in [0.3, 0.4) is 0 Å². The van der Waals surface area contributed by atoms with Gasteiger partial charge < -0.3 is 14.6 Å². The zero-order valence-electron chi connectivity index (χ0n) is 17.9. The van der Waals surface area contributed by atoms with E-state index in [2.05, 4.69) is 18.6 Å². The van der Waals surface area contributed by atoms with Crippen LogP contribution in [0.2, 0.25) is 10.0 Å². The fraction of sp³-hybridized carbons (Fsp3) is 0.240. The Hall–Kier alpha value is -2.83. The van der Waals surface area contributed by atoms with E-state index in [0.717, 1.165) is 34.6 Å². The summed E-state index contributed by atoms with van der Waals surface area (Å²) in [6.45, 7) is 4.56. The van der Waals surface area contributed by atoms with Crippen LogP contribution in [0.15, 0.2) is 60.7 Å². The van der Waals surface area contributed by atoms with E-state index in [1.165, 1.54) is 0 Å². The lowest BCUT2D eigenvalue weighted by molar-refractivity contribution is -0.210. The van der Waals surface area contributed by atoms with Crippen LogP contribution in [-0.4, -0.2) is 17.2 Å². The Morgan fingerprint density at radius 1 is 1.00 bits per heavy atom. The first-order valence-corrected chi connectivity index (χ1v) is 10.9. The highest BCUT2D eigenvalue weighted by Crippen LogP contribution is 2.35. The largest absolute Gasteiger partial charge is 0.501 e. The lowest BCUT2D eigenvalue weighted by Crippen LogP contribution is -2.34. The summed E-state index contributed by atoms with van der Waals surface area (Å²) >= 11 is 12.5. The van der Waals surface area contributed by atoms with Crippen molar-refractivity contribution in [3.63, 3.8) is 0 Å². The molecule has 33 heavy (non-hydrogen) atoms. The van der Waals surface area contributed by atoms with Gasteiger partial charge in [0.25, 0.3) is 0 Å². The molecular formula is C25H22Cl2F2O4. The number of carboxylic acid groups (broad SMARTS) is 1. The van der Waals surface area contributed by atoms with E-state index in [0.29, 0.717) is 18.6 Å². The van der Waals surface area contributed by atoms with Crippen LogP contribution in [0.4, 0.5) is 8.78 Å². The van der Waals surface area contributed by atoms with Crippen LogP contribution >= 0.6 is 23.2 Å². The van der Waals surface area contributed by atoms with Gasteiger partial charge in [-0.05, 0) is 46.4 Å². The highest BCUT2D eigenvalue weighted by atomic mass is 35.5. The summed E-state index contributed by atoms with van der Waals surface area (Å²) in [5.41, 5.74) is 3.48. The van der Waals surface area contributed by atoms with Crippen LogP contribution in [-0.2, 0) is 17.8 Å². The summed E-state index contributed by atoms with van der Waals surface area (Å²) in [6, 6.07) is 17.9. The first-order chi connectivity index (χ1) is 15.6. The van der Waals surface area contributed by atoms with Crippen molar-refractivity contribution >= 4 is 29.2 Å². The number of alkyl halides is 2. The van der Waals surface area contributed by atoms with Gasteiger partial charge in [0.1, 0.15) is 18.1 Å². The van der Waals surface area contributed by atoms with Crippen molar-refractivity contribution in [2.24, 2.45) is 0 Å². The smallest absolute Gasteiger partial charge is 0.489 e. The minimum Gasteiger partial charge on any atom is -0.489 e. The van der Waals surface area contributed by atoms with Crippen molar-refractivity contribution in [1.82, 2.24) is 0 Å². The standard InChI is InChI=1S/C25H22Cl2F2O4/c1-15(2)19-10-17(8-9-23(19)32-14-16-6-4-3-5-7-16)11-20-21(26)12-18(13-22(20)27)33-25(28,29)24(30)31/h3-10,12-13,15H,11,14H2,1-2H3,(H,30,31). The number of benzene rings is 3. The summed E-state index contributed by atoms with van der Waals surface area (Å²) in [5, 5.41) is 8.72. The van der Waals surface area contributed by atoms with Gasteiger partial charge in [-0.1, -0.05) is 79.5 Å². The normalized spacial score (nSPS) is 11.5. The van der Waals surface area contributed by atoms with Gasteiger partial charge in [-0.15, -0.1) is 0 Å². The summed E-state index contributed by atoms with van der Waals surface area (Å²) < 4.78 is 37.0. The van der Waals surface area contributed by atoms with Crippen molar-refractivity contribution in [3.05, 3.63) is 93.0 Å². The predicted octanol–water partition coefficient (Wildman–Crippen LogP) is 7.34. The molecule has 0 saturated heterocycles. The van der Waals surface area contributed by atoms with Crippen molar-refractivity contribution in [2.75, 3.05) is 0 Å². The Kier molecular flexibility index (Phi) is 7.82. The van der Waals surface area contributed by atoms with Crippen LogP contribution in [0.25, 0.3) is 0 Å². The molecule has 0 unspecified atom stereocenters. The molecule has 1 N–H and O–H groups in total. The minimum absolute atomic E-state index is 0.0918. The highest BCUT2D eigenvalue weighted by molar-refractivity contribution is 6.36. The Morgan fingerprint density at radius 2 is 1.64 bits per heavy atom. The molecule has 3 aromatic rings. The summed E-state index contributed by atoms with van der Waals surface area (Å²) in [7, 11) is 0. The molecule has 0 fully saturated rings. The topological polar surface area (TPSA) is 55.8 Å². The fourth-order valence-electron chi connectivity index (χ4n) is 3.23. The van der Waals surface area contributed by atoms with Gasteiger partial charge in [-0.25, -0.2) is 4.79 Å². The molecule has 0 aliphatic rings. The van der Waals surface area contributed by atoms with E-state index < -0.39 is 17.8 Å². The Bertz CT molecular complexity index is 1110. The third-order valence-electron chi connectivity index (χ3n) is 4.92. The van der Waals surface area contributed by atoms with E-state index in [4.69, 9.17) is 33.0 Å². The van der Waals surface area contributed by atoms with Gasteiger partial charge in [0, 0.05) is 16.5 Å². The Labute approximate surface area is 200 Å².